The number of aliphatic carboxylic acids is 1. The van der Waals surface area contributed by atoms with Gasteiger partial charge in [0.2, 0.25) is 0 Å². The van der Waals surface area contributed by atoms with Gasteiger partial charge in [-0.15, -0.1) is 0 Å². The number of hydrogen-bond donors (Lipinski definition) is 1. The van der Waals surface area contributed by atoms with Crippen molar-refractivity contribution in [2.45, 2.75) is 32.1 Å². The summed E-state index contributed by atoms with van der Waals surface area (Å²) in [6.07, 6.45) is 2.54. The van der Waals surface area contributed by atoms with Crippen molar-refractivity contribution in [3.05, 3.63) is 29.3 Å². The third-order valence-electron chi connectivity index (χ3n) is 3.43. The standard InChI is InChI=1S/C14H18O3/c1-9-7-11(5-6-13(9)17-2)12(8-14(15)16)10-3-4-10/h5-7,10,12H,3-4,8H2,1-2H3,(H,15,16)/t12-/m1/s1. The minimum absolute atomic E-state index is 0.164. The Balaban J connectivity index is 2.23. The van der Waals surface area contributed by atoms with E-state index in [1.807, 2.05) is 19.1 Å². The molecule has 1 aliphatic carbocycles. The van der Waals surface area contributed by atoms with Crippen molar-refractivity contribution in [2.75, 3.05) is 7.11 Å². The quantitative estimate of drug-likeness (QED) is 0.852. The summed E-state index contributed by atoms with van der Waals surface area (Å²) < 4.78 is 5.22. The number of benzene rings is 1. The molecule has 0 amide bonds. The van der Waals surface area contributed by atoms with Crippen LogP contribution in [-0.4, -0.2) is 18.2 Å². The number of rotatable bonds is 5. The molecule has 1 fully saturated rings. The second kappa shape index (κ2) is 4.78. The lowest BCUT2D eigenvalue weighted by molar-refractivity contribution is -0.137. The fourth-order valence-corrected chi connectivity index (χ4v) is 2.38. The summed E-state index contributed by atoms with van der Waals surface area (Å²) in [4.78, 5) is 10.9. The molecule has 1 aliphatic rings. The second-order valence-corrected chi connectivity index (χ2v) is 4.77. The lowest BCUT2D eigenvalue weighted by atomic mass is 9.90. The Morgan fingerprint density at radius 3 is 2.71 bits per heavy atom. The zero-order chi connectivity index (χ0) is 12.4. The predicted molar refractivity (Wildman–Crippen MR) is 65.4 cm³/mol. The number of carbonyl (C=O) groups is 1. The van der Waals surface area contributed by atoms with Crippen LogP contribution < -0.4 is 4.74 Å². The Kier molecular flexibility index (Phi) is 3.36. The number of carboxylic acid groups (broad SMARTS) is 1. The molecule has 0 saturated heterocycles. The SMILES string of the molecule is COc1ccc([C@H](CC(=O)O)C2CC2)cc1C. The monoisotopic (exact) mass is 234 g/mol. The van der Waals surface area contributed by atoms with E-state index in [0.29, 0.717) is 5.92 Å². The minimum atomic E-state index is -0.713. The van der Waals surface area contributed by atoms with Gasteiger partial charge in [0.05, 0.1) is 13.5 Å². The predicted octanol–water partition coefficient (Wildman–Crippen LogP) is 2.97. The van der Waals surface area contributed by atoms with Crippen LogP contribution in [0.2, 0.25) is 0 Å². The first-order valence-electron chi connectivity index (χ1n) is 5.98. The largest absolute Gasteiger partial charge is 0.496 e. The van der Waals surface area contributed by atoms with Crippen LogP contribution in [0.15, 0.2) is 18.2 Å². The maximum atomic E-state index is 10.9. The van der Waals surface area contributed by atoms with E-state index in [-0.39, 0.29) is 12.3 Å². The number of hydrogen-bond acceptors (Lipinski definition) is 2. The molecule has 1 atom stereocenters. The van der Waals surface area contributed by atoms with Crippen LogP contribution in [0.25, 0.3) is 0 Å². The van der Waals surface area contributed by atoms with Crippen molar-refractivity contribution in [1.82, 2.24) is 0 Å². The maximum absolute atomic E-state index is 10.9. The van der Waals surface area contributed by atoms with Gasteiger partial charge in [0.15, 0.2) is 0 Å². The van der Waals surface area contributed by atoms with Gasteiger partial charge in [0, 0.05) is 0 Å². The van der Waals surface area contributed by atoms with Crippen molar-refractivity contribution in [2.24, 2.45) is 5.92 Å². The van der Waals surface area contributed by atoms with Gasteiger partial charge in [-0.2, -0.15) is 0 Å². The summed E-state index contributed by atoms with van der Waals surface area (Å²) in [7, 11) is 1.65. The summed E-state index contributed by atoms with van der Waals surface area (Å²) in [6.45, 7) is 1.99. The molecule has 3 heteroatoms. The Morgan fingerprint density at radius 1 is 1.53 bits per heavy atom. The summed E-state index contributed by atoms with van der Waals surface area (Å²) >= 11 is 0. The van der Waals surface area contributed by atoms with E-state index in [1.165, 1.54) is 0 Å². The molecule has 0 heterocycles. The topological polar surface area (TPSA) is 46.5 Å². The summed E-state index contributed by atoms with van der Waals surface area (Å²) in [5.41, 5.74) is 2.20. The summed E-state index contributed by atoms with van der Waals surface area (Å²) in [6, 6.07) is 5.99. The average Bonchev–Trinajstić information content (AvgIpc) is 3.09. The third kappa shape index (κ3) is 2.78. The Morgan fingerprint density at radius 2 is 2.24 bits per heavy atom. The van der Waals surface area contributed by atoms with Crippen LogP contribution in [0.1, 0.15) is 36.3 Å². The highest BCUT2D eigenvalue weighted by Crippen LogP contribution is 2.45. The van der Waals surface area contributed by atoms with E-state index in [1.54, 1.807) is 7.11 Å². The van der Waals surface area contributed by atoms with Gasteiger partial charge in [0.25, 0.3) is 0 Å². The van der Waals surface area contributed by atoms with Crippen molar-refractivity contribution in [1.29, 1.82) is 0 Å². The number of carboxylic acids is 1. The van der Waals surface area contributed by atoms with E-state index < -0.39 is 5.97 Å². The molecule has 2 rings (SSSR count). The van der Waals surface area contributed by atoms with E-state index in [0.717, 1.165) is 29.7 Å². The smallest absolute Gasteiger partial charge is 0.303 e. The lowest BCUT2D eigenvalue weighted by Crippen LogP contribution is -2.08. The second-order valence-electron chi connectivity index (χ2n) is 4.77. The molecule has 0 aliphatic heterocycles. The van der Waals surface area contributed by atoms with Gasteiger partial charge in [-0.1, -0.05) is 12.1 Å². The molecule has 0 radical (unpaired) electrons. The van der Waals surface area contributed by atoms with Gasteiger partial charge in [-0.25, -0.2) is 0 Å². The molecule has 0 spiro atoms. The van der Waals surface area contributed by atoms with Crippen LogP contribution in [0, 0.1) is 12.8 Å². The normalized spacial score (nSPS) is 16.6. The summed E-state index contributed by atoms with van der Waals surface area (Å²) in [5, 5.41) is 8.97. The average molecular weight is 234 g/mol. The maximum Gasteiger partial charge on any atom is 0.303 e. The van der Waals surface area contributed by atoms with Crippen LogP contribution in [-0.2, 0) is 4.79 Å². The van der Waals surface area contributed by atoms with Gasteiger partial charge in [0.1, 0.15) is 5.75 Å². The van der Waals surface area contributed by atoms with Gasteiger partial charge >= 0.3 is 5.97 Å². The van der Waals surface area contributed by atoms with E-state index in [9.17, 15) is 4.79 Å². The van der Waals surface area contributed by atoms with Crippen LogP contribution >= 0.6 is 0 Å². The molecule has 0 aromatic heterocycles. The molecule has 1 aromatic rings. The molecule has 1 N–H and O–H groups in total. The fraction of sp³-hybridized carbons (Fsp3) is 0.500. The highest BCUT2D eigenvalue weighted by molar-refractivity contribution is 5.68. The highest BCUT2D eigenvalue weighted by Gasteiger charge is 2.33. The zero-order valence-corrected chi connectivity index (χ0v) is 10.3. The third-order valence-corrected chi connectivity index (χ3v) is 3.43. The molecule has 1 saturated carbocycles. The molecular weight excluding hydrogens is 216 g/mol. The fourth-order valence-electron chi connectivity index (χ4n) is 2.38. The van der Waals surface area contributed by atoms with Crippen LogP contribution in [0.5, 0.6) is 5.75 Å². The van der Waals surface area contributed by atoms with Crippen molar-refractivity contribution in [3.8, 4) is 5.75 Å². The number of ether oxygens (including phenoxy) is 1. The van der Waals surface area contributed by atoms with Crippen LogP contribution in [0.4, 0.5) is 0 Å². The first-order valence-corrected chi connectivity index (χ1v) is 5.98. The van der Waals surface area contributed by atoms with Crippen molar-refractivity contribution >= 4 is 5.97 Å². The lowest BCUT2D eigenvalue weighted by Gasteiger charge is -2.16. The Bertz CT molecular complexity index is 421. The van der Waals surface area contributed by atoms with E-state index in [4.69, 9.17) is 9.84 Å². The van der Waals surface area contributed by atoms with Gasteiger partial charge < -0.3 is 9.84 Å². The van der Waals surface area contributed by atoms with Crippen molar-refractivity contribution in [3.63, 3.8) is 0 Å². The molecule has 0 bridgehead atoms. The van der Waals surface area contributed by atoms with E-state index in [2.05, 4.69) is 6.07 Å². The molecular formula is C14H18O3. The van der Waals surface area contributed by atoms with Gasteiger partial charge in [-0.05, 0) is 48.8 Å². The first-order chi connectivity index (χ1) is 8.11. The molecule has 92 valence electrons. The van der Waals surface area contributed by atoms with E-state index >= 15 is 0 Å². The van der Waals surface area contributed by atoms with Crippen LogP contribution in [0.3, 0.4) is 0 Å². The molecule has 3 nitrogen and oxygen atoms in total. The van der Waals surface area contributed by atoms with Crippen molar-refractivity contribution < 1.29 is 14.6 Å². The van der Waals surface area contributed by atoms with Gasteiger partial charge in [-0.3, -0.25) is 4.79 Å². The first kappa shape index (κ1) is 12.0. The zero-order valence-electron chi connectivity index (χ0n) is 10.3. The summed E-state index contributed by atoms with van der Waals surface area (Å²) in [5.74, 6) is 0.866. The molecule has 1 aromatic carbocycles. The Labute approximate surface area is 101 Å². The Hall–Kier alpha value is -1.51. The number of methoxy groups -OCH3 is 1. The molecule has 0 unspecified atom stereocenters. The minimum Gasteiger partial charge on any atom is -0.496 e. The molecule has 17 heavy (non-hydrogen) atoms. The highest BCUT2D eigenvalue weighted by atomic mass is 16.5. The number of aryl methyl sites for hydroxylation is 1.